The molecule has 8 nitrogen and oxygen atoms in total. The molecule has 0 atom stereocenters. The van der Waals surface area contributed by atoms with Gasteiger partial charge in [0.25, 0.3) is 11.6 Å². The van der Waals surface area contributed by atoms with Gasteiger partial charge in [-0.15, -0.1) is 0 Å². The Hall–Kier alpha value is -3.29. The van der Waals surface area contributed by atoms with E-state index in [1.165, 1.54) is 19.2 Å². The fourth-order valence-corrected chi connectivity index (χ4v) is 2.57. The molecule has 0 saturated heterocycles. The number of nitro benzene ring substituents is 1. The third-order valence-electron chi connectivity index (χ3n) is 3.89. The van der Waals surface area contributed by atoms with Crippen molar-refractivity contribution in [1.29, 1.82) is 0 Å². The monoisotopic (exact) mass is 388 g/mol. The molecule has 28 heavy (non-hydrogen) atoms. The van der Waals surface area contributed by atoms with Gasteiger partial charge in [-0.3, -0.25) is 14.9 Å². The number of methoxy groups -OCH3 is 1. The summed E-state index contributed by atoms with van der Waals surface area (Å²) in [6.07, 6.45) is 0.557. The van der Waals surface area contributed by atoms with E-state index >= 15 is 0 Å². The van der Waals surface area contributed by atoms with E-state index in [1.807, 2.05) is 31.2 Å². The number of rotatable bonds is 10. The van der Waals surface area contributed by atoms with Crippen LogP contribution in [0.5, 0.6) is 17.2 Å². The highest BCUT2D eigenvalue weighted by molar-refractivity contribution is 5.99. The third-order valence-corrected chi connectivity index (χ3v) is 3.89. The summed E-state index contributed by atoms with van der Waals surface area (Å²) in [6, 6.07) is 10.2. The number of nitrogens with one attached hydrogen (secondary N) is 1. The standard InChI is InChI=1S/C20H24N2O6/c1-4-27-19-12-16(17(22(24)25)13-18(19)26-3)20(23)21-9-6-10-28-15-8-5-7-14(2)11-15/h5,7-8,11-13H,4,6,9-10H2,1-3H3,(H,21,23). The highest BCUT2D eigenvalue weighted by Crippen LogP contribution is 2.34. The normalized spacial score (nSPS) is 10.2. The summed E-state index contributed by atoms with van der Waals surface area (Å²) in [7, 11) is 1.38. The van der Waals surface area contributed by atoms with Gasteiger partial charge in [-0.05, 0) is 38.0 Å². The van der Waals surface area contributed by atoms with Gasteiger partial charge < -0.3 is 19.5 Å². The molecule has 0 aliphatic carbocycles. The van der Waals surface area contributed by atoms with E-state index in [9.17, 15) is 14.9 Å². The number of hydrogen-bond donors (Lipinski definition) is 1. The molecule has 150 valence electrons. The zero-order chi connectivity index (χ0) is 20.5. The fourth-order valence-electron chi connectivity index (χ4n) is 2.57. The number of benzene rings is 2. The number of carbonyl (C=O) groups excluding carboxylic acids is 1. The smallest absolute Gasteiger partial charge is 0.286 e. The zero-order valence-corrected chi connectivity index (χ0v) is 16.2. The van der Waals surface area contributed by atoms with Crippen LogP contribution in [0.4, 0.5) is 5.69 Å². The van der Waals surface area contributed by atoms with Crippen LogP contribution in [0.25, 0.3) is 0 Å². The van der Waals surface area contributed by atoms with Gasteiger partial charge in [0.15, 0.2) is 11.5 Å². The van der Waals surface area contributed by atoms with Crippen LogP contribution in [-0.2, 0) is 0 Å². The average Bonchev–Trinajstić information content (AvgIpc) is 2.67. The van der Waals surface area contributed by atoms with Crippen LogP contribution >= 0.6 is 0 Å². The van der Waals surface area contributed by atoms with Crippen LogP contribution in [0.3, 0.4) is 0 Å². The first kappa shape index (κ1) is 21.0. The molecule has 0 spiro atoms. The van der Waals surface area contributed by atoms with Crippen LogP contribution in [0.2, 0.25) is 0 Å². The maximum atomic E-state index is 12.5. The molecule has 0 fully saturated rings. The number of carbonyl (C=O) groups is 1. The summed E-state index contributed by atoms with van der Waals surface area (Å²) in [6.45, 7) is 4.82. The molecule has 2 aromatic rings. The molecule has 0 aromatic heterocycles. The van der Waals surface area contributed by atoms with E-state index in [0.717, 1.165) is 11.3 Å². The van der Waals surface area contributed by atoms with Crippen molar-refractivity contribution < 1.29 is 23.9 Å². The molecular weight excluding hydrogens is 364 g/mol. The van der Waals surface area contributed by atoms with E-state index in [-0.39, 0.29) is 22.7 Å². The highest BCUT2D eigenvalue weighted by atomic mass is 16.6. The molecule has 8 heteroatoms. The first-order chi connectivity index (χ1) is 13.5. The topological polar surface area (TPSA) is 99.9 Å². The minimum absolute atomic E-state index is 0.0751. The Morgan fingerprint density at radius 1 is 1.18 bits per heavy atom. The molecule has 0 aliphatic heterocycles. The Bertz CT molecular complexity index is 837. The van der Waals surface area contributed by atoms with E-state index in [2.05, 4.69) is 5.32 Å². The van der Waals surface area contributed by atoms with Gasteiger partial charge in [0, 0.05) is 12.6 Å². The Balaban J connectivity index is 1.98. The quantitative estimate of drug-likeness (QED) is 0.380. The lowest BCUT2D eigenvalue weighted by atomic mass is 10.1. The van der Waals surface area contributed by atoms with Gasteiger partial charge in [0.05, 0.1) is 31.3 Å². The van der Waals surface area contributed by atoms with E-state index < -0.39 is 10.8 Å². The van der Waals surface area contributed by atoms with Crippen molar-refractivity contribution in [3.63, 3.8) is 0 Å². The minimum Gasteiger partial charge on any atom is -0.494 e. The largest absolute Gasteiger partial charge is 0.494 e. The molecule has 0 saturated carbocycles. The number of ether oxygens (including phenoxy) is 3. The zero-order valence-electron chi connectivity index (χ0n) is 16.2. The van der Waals surface area contributed by atoms with Crippen molar-refractivity contribution in [1.82, 2.24) is 5.32 Å². The molecule has 0 radical (unpaired) electrons. The predicted molar refractivity (Wildman–Crippen MR) is 104 cm³/mol. The van der Waals surface area contributed by atoms with Gasteiger partial charge in [-0.2, -0.15) is 0 Å². The van der Waals surface area contributed by atoms with E-state index in [1.54, 1.807) is 6.92 Å². The predicted octanol–water partition coefficient (Wildman–Crippen LogP) is 3.51. The Kier molecular flexibility index (Phi) is 7.62. The number of nitrogens with zero attached hydrogens (tertiary/aromatic N) is 1. The Morgan fingerprint density at radius 2 is 1.96 bits per heavy atom. The first-order valence-electron chi connectivity index (χ1n) is 8.93. The summed E-state index contributed by atoms with van der Waals surface area (Å²) in [5.41, 5.74) is 0.686. The van der Waals surface area contributed by atoms with Crippen LogP contribution in [-0.4, -0.2) is 37.7 Å². The second-order valence-electron chi connectivity index (χ2n) is 5.98. The SMILES string of the molecule is CCOc1cc(C(=O)NCCCOc2cccc(C)c2)c([N+](=O)[O-])cc1OC. The molecule has 1 amide bonds. The average molecular weight is 388 g/mol. The van der Waals surface area contributed by atoms with Crippen LogP contribution in [0.15, 0.2) is 36.4 Å². The summed E-state index contributed by atoms with van der Waals surface area (Å²) >= 11 is 0. The van der Waals surface area contributed by atoms with Gasteiger partial charge >= 0.3 is 0 Å². The molecule has 0 aliphatic rings. The van der Waals surface area contributed by atoms with E-state index in [0.29, 0.717) is 26.2 Å². The van der Waals surface area contributed by atoms with Gasteiger partial charge in [-0.1, -0.05) is 12.1 Å². The molecule has 1 N–H and O–H groups in total. The van der Waals surface area contributed by atoms with Crippen molar-refractivity contribution >= 4 is 11.6 Å². The molecular formula is C20H24N2O6. The van der Waals surface area contributed by atoms with Gasteiger partial charge in [0.2, 0.25) is 0 Å². The second kappa shape index (κ2) is 10.1. The van der Waals surface area contributed by atoms with Crippen LogP contribution < -0.4 is 19.5 Å². The Morgan fingerprint density at radius 3 is 2.61 bits per heavy atom. The lowest BCUT2D eigenvalue weighted by Crippen LogP contribution is -2.26. The first-order valence-corrected chi connectivity index (χ1v) is 8.93. The number of nitro groups is 1. The molecule has 0 unspecified atom stereocenters. The highest BCUT2D eigenvalue weighted by Gasteiger charge is 2.24. The van der Waals surface area contributed by atoms with Gasteiger partial charge in [0.1, 0.15) is 11.3 Å². The van der Waals surface area contributed by atoms with Gasteiger partial charge in [-0.25, -0.2) is 0 Å². The minimum atomic E-state index is -0.617. The maximum absolute atomic E-state index is 12.5. The molecule has 0 heterocycles. The van der Waals surface area contributed by atoms with Crippen molar-refractivity contribution in [2.24, 2.45) is 0 Å². The number of hydrogen-bond acceptors (Lipinski definition) is 6. The summed E-state index contributed by atoms with van der Waals surface area (Å²) in [5, 5.41) is 14.0. The van der Waals surface area contributed by atoms with E-state index in [4.69, 9.17) is 14.2 Å². The summed E-state index contributed by atoms with van der Waals surface area (Å²) in [5.74, 6) is 0.699. The lowest BCUT2D eigenvalue weighted by Gasteiger charge is -2.12. The van der Waals surface area contributed by atoms with Crippen molar-refractivity contribution in [3.05, 3.63) is 57.6 Å². The van der Waals surface area contributed by atoms with Crippen molar-refractivity contribution in [3.8, 4) is 17.2 Å². The van der Waals surface area contributed by atoms with Crippen molar-refractivity contribution in [2.45, 2.75) is 20.3 Å². The van der Waals surface area contributed by atoms with Crippen LogP contribution in [0, 0.1) is 17.0 Å². The lowest BCUT2D eigenvalue weighted by molar-refractivity contribution is -0.385. The summed E-state index contributed by atoms with van der Waals surface area (Å²) in [4.78, 5) is 23.2. The molecule has 2 rings (SSSR count). The maximum Gasteiger partial charge on any atom is 0.286 e. The second-order valence-corrected chi connectivity index (χ2v) is 5.98. The molecule has 2 aromatic carbocycles. The molecule has 0 bridgehead atoms. The van der Waals surface area contributed by atoms with Crippen LogP contribution in [0.1, 0.15) is 29.3 Å². The Labute approximate surface area is 163 Å². The fraction of sp³-hybridized carbons (Fsp3) is 0.350. The number of aryl methyl sites for hydroxylation is 1. The summed E-state index contributed by atoms with van der Waals surface area (Å²) < 4.78 is 16.1. The van der Waals surface area contributed by atoms with Crippen molar-refractivity contribution in [2.75, 3.05) is 26.9 Å². The number of amides is 1. The third kappa shape index (κ3) is 5.60.